The Bertz CT molecular complexity index is 408. The normalized spacial score (nSPS) is 31.2. The number of hydrogen-bond acceptors (Lipinski definition) is 5. The van der Waals surface area contributed by atoms with Gasteiger partial charge in [0.2, 0.25) is 0 Å². The van der Waals surface area contributed by atoms with Gasteiger partial charge in [-0.1, -0.05) is 0 Å². The average molecular weight is 293 g/mol. The summed E-state index contributed by atoms with van der Waals surface area (Å²) >= 11 is 0. The molecule has 0 spiro atoms. The van der Waals surface area contributed by atoms with E-state index >= 15 is 0 Å². The zero-order valence-electron chi connectivity index (χ0n) is 11.6. The third-order valence-electron chi connectivity index (χ3n) is 3.53. The summed E-state index contributed by atoms with van der Waals surface area (Å²) in [4.78, 5) is 1.88. The molecule has 112 valence electrons. The molecule has 0 unspecified atom stereocenters. The molecule has 0 saturated carbocycles. The van der Waals surface area contributed by atoms with Crippen LogP contribution in [0.2, 0.25) is 0 Å². The van der Waals surface area contributed by atoms with E-state index in [-0.39, 0.29) is 6.54 Å². The van der Waals surface area contributed by atoms with E-state index in [1.54, 1.807) is 0 Å². The SMILES string of the molecule is CN(C)C[C@]1(O)CCN(S(=O)(=O)N2CCOCC2)C1. The molecule has 19 heavy (non-hydrogen) atoms. The van der Waals surface area contributed by atoms with Gasteiger partial charge >= 0.3 is 0 Å². The van der Waals surface area contributed by atoms with Gasteiger partial charge < -0.3 is 14.7 Å². The van der Waals surface area contributed by atoms with Crippen LogP contribution in [0.3, 0.4) is 0 Å². The van der Waals surface area contributed by atoms with Crippen LogP contribution in [0, 0.1) is 0 Å². The molecular weight excluding hydrogens is 270 g/mol. The highest BCUT2D eigenvalue weighted by Crippen LogP contribution is 2.26. The molecule has 2 aliphatic heterocycles. The van der Waals surface area contributed by atoms with Crippen molar-refractivity contribution in [1.82, 2.24) is 13.5 Å². The number of ether oxygens (including phenoxy) is 1. The monoisotopic (exact) mass is 293 g/mol. The first kappa shape index (κ1) is 15.1. The van der Waals surface area contributed by atoms with Crippen LogP contribution in [0.5, 0.6) is 0 Å². The summed E-state index contributed by atoms with van der Waals surface area (Å²) in [6, 6.07) is 0. The van der Waals surface area contributed by atoms with Crippen LogP contribution in [0.15, 0.2) is 0 Å². The van der Waals surface area contributed by atoms with Crippen LogP contribution in [0.4, 0.5) is 0 Å². The number of aliphatic hydroxyl groups is 1. The van der Waals surface area contributed by atoms with Gasteiger partial charge in [-0.2, -0.15) is 17.0 Å². The molecule has 2 heterocycles. The number of nitrogens with zero attached hydrogens (tertiary/aromatic N) is 3. The molecule has 0 aliphatic carbocycles. The number of morpholine rings is 1. The van der Waals surface area contributed by atoms with E-state index in [2.05, 4.69) is 0 Å². The van der Waals surface area contributed by atoms with Gasteiger partial charge in [-0.15, -0.1) is 0 Å². The molecule has 0 aromatic rings. The van der Waals surface area contributed by atoms with Crippen molar-refractivity contribution in [3.05, 3.63) is 0 Å². The Kier molecular flexibility index (Phi) is 4.49. The average Bonchev–Trinajstić information content (AvgIpc) is 2.72. The second-order valence-electron chi connectivity index (χ2n) is 5.56. The molecule has 0 aromatic carbocycles. The molecule has 2 saturated heterocycles. The van der Waals surface area contributed by atoms with E-state index < -0.39 is 15.8 Å². The Hall–Kier alpha value is -0.250. The highest BCUT2D eigenvalue weighted by molar-refractivity contribution is 7.86. The summed E-state index contributed by atoms with van der Waals surface area (Å²) in [5.74, 6) is 0. The lowest BCUT2D eigenvalue weighted by Gasteiger charge is -2.31. The van der Waals surface area contributed by atoms with Crippen molar-refractivity contribution in [1.29, 1.82) is 0 Å². The molecule has 0 aromatic heterocycles. The van der Waals surface area contributed by atoms with Crippen LogP contribution in [-0.4, -0.2) is 92.7 Å². The quantitative estimate of drug-likeness (QED) is 0.687. The minimum absolute atomic E-state index is 0.171. The molecule has 1 N–H and O–H groups in total. The predicted molar refractivity (Wildman–Crippen MR) is 71.0 cm³/mol. The van der Waals surface area contributed by atoms with E-state index in [1.807, 2.05) is 19.0 Å². The van der Waals surface area contributed by atoms with Crippen molar-refractivity contribution in [2.24, 2.45) is 0 Å². The van der Waals surface area contributed by atoms with Crippen LogP contribution in [-0.2, 0) is 14.9 Å². The first-order chi connectivity index (χ1) is 8.83. The van der Waals surface area contributed by atoms with Crippen molar-refractivity contribution >= 4 is 10.2 Å². The molecule has 2 rings (SSSR count). The third-order valence-corrected chi connectivity index (χ3v) is 5.51. The van der Waals surface area contributed by atoms with Crippen molar-refractivity contribution in [2.45, 2.75) is 12.0 Å². The highest BCUT2D eigenvalue weighted by Gasteiger charge is 2.43. The fourth-order valence-corrected chi connectivity index (χ4v) is 4.34. The van der Waals surface area contributed by atoms with E-state index in [0.717, 1.165) is 0 Å². The first-order valence-electron chi connectivity index (χ1n) is 6.54. The minimum Gasteiger partial charge on any atom is -0.387 e. The number of β-amino-alcohol motifs (C(OH)–C–C–N with tert-alkyl or cyclic N) is 1. The van der Waals surface area contributed by atoms with E-state index in [9.17, 15) is 13.5 Å². The molecule has 0 amide bonds. The lowest BCUT2D eigenvalue weighted by atomic mass is 10.0. The zero-order valence-corrected chi connectivity index (χ0v) is 12.4. The van der Waals surface area contributed by atoms with Crippen molar-refractivity contribution < 1.29 is 18.3 Å². The predicted octanol–water partition coefficient (Wildman–Crippen LogP) is -1.44. The molecule has 1 atom stereocenters. The summed E-state index contributed by atoms with van der Waals surface area (Å²) in [5.41, 5.74) is -0.942. The van der Waals surface area contributed by atoms with Crippen LogP contribution in [0.25, 0.3) is 0 Å². The Morgan fingerprint density at radius 2 is 1.84 bits per heavy atom. The maximum Gasteiger partial charge on any atom is 0.282 e. The van der Waals surface area contributed by atoms with Crippen LogP contribution < -0.4 is 0 Å². The van der Waals surface area contributed by atoms with Gasteiger partial charge in [0.25, 0.3) is 10.2 Å². The summed E-state index contributed by atoms with van der Waals surface area (Å²) < 4.78 is 32.9. The van der Waals surface area contributed by atoms with Gasteiger partial charge in [-0.05, 0) is 20.5 Å². The smallest absolute Gasteiger partial charge is 0.282 e. The van der Waals surface area contributed by atoms with Gasteiger partial charge in [0.15, 0.2) is 0 Å². The van der Waals surface area contributed by atoms with Gasteiger partial charge in [0, 0.05) is 32.7 Å². The Labute approximate surface area is 114 Å². The van der Waals surface area contributed by atoms with Gasteiger partial charge in [0.1, 0.15) is 0 Å². The fourth-order valence-electron chi connectivity index (χ4n) is 2.67. The lowest BCUT2D eigenvalue weighted by Crippen LogP contribution is -2.50. The number of rotatable bonds is 4. The first-order valence-corrected chi connectivity index (χ1v) is 7.93. The zero-order chi connectivity index (χ0) is 14.1. The topological polar surface area (TPSA) is 73.3 Å². The molecular formula is C11H23N3O4S. The van der Waals surface area contributed by atoms with Gasteiger partial charge in [0.05, 0.1) is 18.8 Å². The summed E-state index contributed by atoms with van der Waals surface area (Å²) in [6.07, 6.45) is 0.481. The molecule has 2 aliphatic rings. The second-order valence-corrected chi connectivity index (χ2v) is 7.49. The van der Waals surface area contributed by atoms with Crippen molar-refractivity contribution in [2.75, 3.05) is 60.0 Å². The summed E-state index contributed by atoms with van der Waals surface area (Å²) in [6.45, 7) is 2.69. The summed E-state index contributed by atoms with van der Waals surface area (Å²) in [5, 5.41) is 10.4. The van der Waals surface area contributed by atoms with Crippen LogP contribution in [0.1, 0.15) is 6.42 Å². The fraction of sp³-hybridized carbons (Fsp3) is 1.00. The Morgan fingerprint density at radius 1 is 1.21 bits per heavy atom. The van der Waals surface area contributed by atoms with Crippen molar-refractivity contribution in [3.63, 3.8) is 0 Å². The molecule has 8 heteroatoms. The Balaban J connectivity index is 2.03. The maximum atomic E-state index is 12.4. The summed E-state index contributed by atoms with van der Waals surface area (Å²) in [7, 11) is 0.284. The van der Waals surface area contributed by atoms with Gasteiger partial charge in [-0.25, -0.2) is 0 Å². The number of hydrogen-bond donors (Lipinski definition) is 1. The standard InChI is InChI=1S/C11H23N3O4S/c1-12(2)9-11(15)3-4-14(10-11)19(16,17)13-5-7-18-8-6-13/h15H,3-10H2,1-2H3/t11-/m1/s1. The van der Waals surface area contributed by atoms with Crippen LogP contribution >= 0.6 is 0 Å². The van der Waals surface area contributed by atoms with Gasteiger partial charge in [-0.3, -0.25) is 0 Å². The minimum atomic E-state index is -3.46. The van der Waals surface area contributed by atoms with E-state index in [0.29, 0.717) is 45.8 Å². The maximum absolute atomic E-state index is 12.4. The molecule has 0 radical (unpaired) electrons. The molecule has 7 nitrogen and oxygen atoms in total. The van der Waals surface area contributed by atoms with Crippen molar-refractivity contribution in [3.8, 4) is 0 Å². The Morgan fingerprint density at radius 3 is 2.42 bits per heavy atom. The largest absolute Gasteiger partial charge is 0.387 e. The van der Waals surface area contributed by atoms with E-state index in [1.165, 1.54) is 8.61 Å². The molecule has 2 fully saturated rings. The molecule has 0 bridgehead atoms. The van der Waals surface area contributed by atoms with E-state index in [4.69, 9.17) is 4.74 Å². The second kappa shape index (κ2) is 5.63. The third kappa shape index (κ3) is 3.45. The highest BCUT2D eigenvalue weighted by atomic mass is 32.2. The number of likely N-dealkylation sites (N-methyl/N-ethyl adjacent to an activating group) is 1. The lowest BCUT2D eigenvalue weighted by molar-refractivity contribution is 0.0291.